The fourth-order valence-corrected chi connectivity index (χ4v) is 4.34. The number of fused-ring (bicyclic) bond motifs is 1. The van der Waals surface area contributed by atoms with Crippen molar-refractivity contribution in [1.29, 1.82) is 0 Å². The zero-order chi connectivity index (χ0) is 20.0. The highest BCUT2D eigenvalue weighted by Crippen LogP contribution is 2.44. The molecule has 3 aromatic rings. The van der Waals surface area contributed by atoms with Gasteiger partial charge in [0.2, 0.25) is 5.91 Å². The number of pyridine rings is 1. The second kappa shape index (κ2) is 6.89. The fraction of sp³-hybridized carbons (Fsp3) is 0.304. The highest BCUT2D eigenvalue weighted by Gasteiger charge is 2.35. The summed E-state index contributed by atoms with van der Waals surface area (Å²) in [4.78, 5) is 19.4. The normalized spacial score (nSPS) is 16.8. The Kier molecular flexibility index (Phi) is 4.53. The molecular weight excluding hydrogens is 348 g/mol. The van der Waals surface area contributed by atoms with Crippen LogP contribution in [0.5, 0.6) is 0 Å². The van der Waals surface area contributed by atoms with Gasteiger partial charge in [0.15, 0.2) is 0 Å². The molecule has 1 atom stereocenters. The molecule has 1 aromatic carbocycles. The van der Waals surface area contributed by atoms with Crippen LogP contribution in [0.4, 0.5) is 11.5 Å². The van der Waals surface area contributed by atoms with Crippen molar-refractivity contribution in [2.24, 2.45) is 7.05 Å². The van der Waals surface area contributed by atoms with Crippen molar-refractivity contribution >= 4 is 17.4 Å². The molecule has 1 amide bonds. The summed E-state index contributed by atoms with van der Waals surface area (Å²) in [5.41, 5.74) is 6.77. The first-order chi connectivity index (χ1) is 13.4. The van der Waals surface area contributed by atoms with E-state index in [0.29, 0.717) is 6.42 Å². The molecule has 5 heteroatoms. The van der Waals surface area contributed by atoms with Crippen LogP contribution in [-0.4, -0.2) is 20.7 Å². The first-order valence-electron chi connectivity index (χ1n) is 9.52. The van der Waals surface area contributed by atoms with Gasteiger partial charge in [0.05, 0.1) is 17.1 Å². The third-order valence-electron chi connectivity index (χ3n) is 5.58. The van der Waals surface area contributed by atoms with Crippen LogP contribution in [0.15, 0.2) is 36.5 Å². The number of aryl methyl sites for hydroxylation is 4. The van der Waals surface area contributed by atoms with Gasteiger partial charge in [-0.1, -0.05) is 18.2 Å². The molecule has 28 heavy (non-hydrogen) atoms. The van der Waals surface area contributed by atoms with E-state index in [9.17, 15) is 4.79 Å². The third-order valence-corrected chi connectivity index (χ3v) is 5.58. The molecule has 4 rings (SSSR count). The van der Waals surface area contributed by atoms with Crippen molar-refractivity contribution in [3.63, 3.8) is 0 Å². The summed E-state index contributed by atoms with van der Waals surface area (Å²) in [5.74, 6) is 0.989. The molecule has 0 N–H and O–H groups in total. The maximum Gasteiger partial charge on any atom is 0.232 e. The SMILES string of the molecule is [CH]c1ccc(C2CCC(=O)N(c3cccnc3C)c3c2c(C)nn3C)c(C)c1. The number of rotatable bonds is 2. The molecular formula is C23H24N4O. The fourth-order valence-electron chi connectivity index (χ4n) is 4.34. The van der Waals surface area contributed by atoms with Crippen LogP contribution < -0.4 is 4.90 Å². The molecule has 0 saturated heterocycles. The smallest absolute Gasteiger partial charge is 0.232 e. The van der Waals surface area contributed by atoms with Crippen LogP contribution in [0.25, 0.3) is 0 Å². The zero-order valence-corrected chi connectivity index (χ0v) is 16.7. The molecule has 1 unspecified atom stereocenters. The molecule has 3 heterocycles. The second-order valence-electron chi connectivity index (χ2n) is 7.49. The van der Waals surface area contributed by atoms with Crippen molar-refractivity contribution in [3.8, 4) is 0 Å². The lowest BCUT2D eigenvalue weighted by molar-refractivity contribution is -0.118. The maximum absolute atomic E-state index is 13.2. The number of nitrogens with zero attached hydrogens (tertiary/aromatic N) is 4. The van der Waals surface area contributed by atoms with Crippen molar-refractivity contribution in [1.82, 2.24) is 14.8 Å². The quantitative estimate of drug-likeness (QED) is 0.670. The molecule has 1 aliphatic rings. The number of aromatic nitrogens is 3. The predicted octanol–water partition coefficient (Wildman–Crippen LogP) is 4.39. The summed E-state index contributed by atoms with van der Waals surface area (Å²) in [6, 6.07) is 9.83. The summed E-state index contributed by atoms with van der Waals surface area (Å²) >= 11 is 0. The average Bonchev–Trinajstić information content (AvgIpc) is 2.83. The molecule has 2 radical (unpaired) electrons. The van der Waals surface area contributed by atoms with Crippen molar-refractivity contribution < 1.29 is 4.79 Å². The Morgan fingerprint density at radius 1 is 1.14 bits per heavy atom. The molecule has 0 fully saturated rings. The van der Waals surface area contributed by atoms with Crippen molar-refractivity contribution in [2.75, 3.05) is 4.90 Å². The first-order valence-corrected chi connectivity index (χ1v) is 9.52. The number of anilines is 2. The Balaban J connectivity index is 1.95. The monoisotopic (exact) mass is 372 g/mol. The standard InChI is InChI=1S/C23H24N4O/c1-14-8-9-18(15(2)13-14)19-10-11-21(28)27(20-7-6-12-24-16(20)3)23-22(19)17(4)25-26(23)5/h1,6-9,12-13,19H,10-11H2,2-5H3. The van der Waals surface area contributed by atoms with E-state index >= 15 is 0 Å². The van der Waals surface area contributed by atoms with E-state index in [-0.39, 0.29) is 11.8 Å². The predicted molar refractivity (Wildman–Crippen MR) is 110 cm³/mol. The van der Waals surface area contributed by atoms with Gasteiger partial charge < -0.3 is 0 Å². The number of carbonyl (C=O) groups is 1. The van der Waals surface area contributed by atoms with Crippen molar-refractivity contribution in [2.45, 2.75) is 39.5 Å². The van der Waals surface area contributed by atoms with Gasteiger partial charge >= 0.3 is 0 Å². The number of hydrogen-bond acceptors (Lipinski definition) is 3. The first kappa shape index (κ1) is 18.4. The van der Waals surface area contributed by atoms with Gasteiger partial charge in [-0.3, -0.25) is 19.4 Å². The lowest BCUT2D eigenvalue weighted by atomic mass is 9.85. The lowest BCUT2D eigenvalue weighted by Gasteiger charge is -2.24. The van der Waals surface area contributed by atoms with E-state index < -0.39 is 0 Å². The van der Waals surface area contributed by atoms with Gasteiger partial charge in [-0.15, -0.1) is 0 Å². The van der Waals surface area contributed by atoms with Gasteiger partial charge in [0.25, 0.3) is 0 Å². The maximum atomic E-state index is 13.2. The summed E-state index contributed by atoms with van der Waals surface area (Å²) in [7, 11) is 1.90. The van der Waals surface area contributed by atoms with Gasteiger partial charge in [-0.2, -0.15) is 5.10 Å². The van der Waals surface area contributed by atoms with E-state index in [0.717, 1.165) is 46.0 Å². The Labute approximate surface area is 166 Å². The highest BCUT2D eigenvalue weighted by molar-refractivity contribution is 6.02. The molecule has 2 aromatic heterocycles. The van der Waals surface area contributed by atoms with Crippen LogP contribution in [0.2, 0.25) is 0 Å². The minimum atomic E-state index is 0.0657. The van der Waals surface area contributed by atoms with Gasteiger partial charge in [0, 0.05) is 31.1 Å². The molecule has 1 aliphatic heterocycles. The van der Waals surface area contributed by atoms with Crippen LogP contribution in [0.1, 0.15) is 52.4 Å². The minimum Gasteiger partial charge on any atom is -0.274 e. The second-order valence-corrected chi connectivity index (χ2v) is 7.49. The van der Waals surface area contributed by atoms with Crippen molar-refractivity contribution in [3.05, 3.63) is 77.1 Å². The Morgan fingerprint density at radius 2 is 1.93 bits per heavy atom. The third kappa shape index (κ3) is 2.91. The van der Waals surface area contributed by atoms with Crippen LogP contribution in [0, 0.1) is 27.7 Å². The zero-order valence-electron chi connectivity index (χ0n) is 16.7. The molecule has 0 spiro atoms. The number of hydrogen-bond donors (Lipinski definition) is 0. The molecule has 0 saturated carbocycles. The Morgan fingerprint density at radius 3 is 2.64 bits per heavy atom. The largest absolute Gasteiger partial charge is 0.274 e. The minimum absolute atomic E-state index is 0.0657. The Hall–Kier alpha value is -2.95. The molecule has 0 aliphatic carbocycles. The van der Waals surface area contributed by atoms with E-state index in [4.69, 9.17) is 6.92 Å². The molecule has 142 valence electrons. The topological polar surface area (TPSA) is 51.0 Å². The number of carbonyl (C=O) groups excluding carboxylic acids is 1. The van der Waals surface area contributed by atoms with Gasteiger partial charge in [0.1, 0.15) is 5.82 Å². The van der Waals surface area contributed by atoms with Gasteiger partial charge in [-0.25, -0.2) is 0 Å². The number of benzene rings is 1. The summed E-state index contributed by atoms with van der Waals surface area (Å²) < 4.78 is 1.82. The highest BCUT2D eigenvalue weighted by atomic mass is 16.2. The lowest BCUT2D eigenvalue weighted by Crippen LogP contribution is -2.27. The van der Waals surface area contributed by atoms with Gasteiger partial charge in [-0.05, 0) is 62.9 Å². The van der Waals surface area contributed by atoms with E-state index in [1.54, 1.807) is 11.1 Å². The Bertz CT molecular complexity index is 1070. The summed E-state index contributed by atoms with van der Waals surface area (Å²) in [6.45, 7) is 12.0. The van der Waals surface area contributed by atoms with Crippen LogP contribution in [-0.2, 0) is 11.8 Å². The van der Waals surface area contributed by atoms with E-state index in [1.165, 1.54) is 5.56 Å². The van der Waals surface area contributed by atoms with E-state index in [2.05, 4.69) is 23.1 Å². The average molecular weight is 372 g/mol. The summed E-state index contributed by atoms with van der Waals surface area (Å²) in [6.07, 6.45) is 2.94. The molecule has 5 nitrogen and oxygen atoms in total. The molecule has 0 bridgehead atoms. The van der Waals surface area contributed by atoms with E-state index in [1.807, 2.05) is 49.8 Å². The van der Waals surface area contributed by atoms with Crippen LogP contribution >= 0.6 is 0 Å². The summed E-state index contributed by atoms with van der Waals surface area (Å²) in [5, 5.41) is 4.67. The number of amides is 1. The van der Waals surface area contributed by atoms with Crippen LogP contribution in [0.3, 0.4) is 0 Å².